The SMILES string of the molecule is Nc1ncnc2c1c(-c1ccc(Oc3ccccc3)cc1)nn2[C@@H]1CCCN(C(=O)CCCN2CCN(CCCCCCCCCNc3cccc4c3CN(C3CCC(=O)NC3=O)C4=O)CC2)C1. The standard InChI is InChI=1S/C52H65N11O5/c53-49-47-48(37-20-22-40(23-21-37)68-39-15-7-6-8-16-39)58-63(50(47)56-36-55-49)38-14-12-29-61(34-38)46(65)19-13-28-60-32-30-59(31-33-60)27-10-5-3-1-2-4-9-26-54-43-18-11-17-41-42(43)35-62(52(41)67)44-24-25-45(64)57-51(44)66/h6-8,11,15-18,20-23,36,38,44,54H,1-5,9-10,12-14,19,24-35H2,(H2,53,55,56)(H,57,64,66)/t38-,44?/m1/s1. The van der Waals surface area contributed by atoms with Crippen LogP contribution in [-0.4, -0.2) is 128 Å². The first-order chi connectivity index (χ1) is 33.3. The highest BCUT2D eigenvalue weighted by Gasteiger charge is 2.40. The third-order valence-corrected chi connectivity index (χ3v) is 14.1. The fraction of sp³-hybridized carbons (Fsp3) is 0.481. The molecule has 0 radical (unpaired) electrons. The van der Waals surface area contributed by atoms with E-state index >= 15 is 0 Å². The van der Waals surface area contributed by atoms with Crippen molar-refractivity contribution in [1.29, 1.82) is 0 Å². The zero-order chi connectivity index (χ0) is 46.8. The number of anilines is 2. The van der Waals surface area contributed by atoms with Gasteiger partial charge in [-0.05, 0) is 100 Å². The molecule has 5 aromatic rings. The highest BCUT2D eigenvalue weighted by Crippen LogP contribution is 2.36. The average molecular weight is 924 g/mol. The molecule has 3 saturated heterocycles. The lowest BCUT2D eigenvalue weighted by atomic mass is 10.0. The summed E-state index contributed by atoms with van der Waals surface area (Å²) < 4.78 is 7.97. The topological polar surface area (TPSA) is 184 Å². The van der Waals surface area contributed by atoms with Gasteiger partial charge in [-0.25, -0.2) is 14.6 Å². The number of hydrogen-bond acceptors (Lipinski definition) is 12. The van der Waals surface area contributed by atoms with Crippen molar-refractivity contribution in [2.24, 2.45) is 0 Å². The maximum absolute atomic E-state index is 13.6. The normalized spacial score (nSPS) is 19.1. The van der Waals surface area contributed by atoms with Gasteiger partial charge in [0.2, 0.25) is 17.7 Å². The molecule has 0 saturated carbocycles. The maximum atomic E-state index is 13.6. The highest BCUT2D eigenvalue weighted by molar-refractivity contribution is 6.06. The van der Waals surface area contributed by atoms with Gasteiger partial charge in [0.05, 0.1) is 11.4 Å². The zero-order valence-electron chi connectivity index (χ0n) is 39.1. The minimum Gasteiger partial charge on any atom is -0.457 e. The van der Waals surface area contributed by atoms with Crippen molar-refractivity contribution in [1.82, 2.24) is 44.7 Å². The number of nitrogens with two attached hydrogens (primary N) is 1. The van der Waals surface area contributed by atoms with Crippen molar-refractivity contribution in [3.05, 3.63) is 90.3 Å². The van der Waals surface area contributed by atoms with E-state index in [2.05, 4.69) is 30.4 Å². The molecule has 16 nitrogen and oxygen atoms in total. The first-order valence-electron chi connectivity index (χ1n) is 24.8. The molecule has 0 aliphatic carbocycles. The van der Waals surface area contributed by atoms with Gasteiger partial charge in [0.25, 0.3) is 5.91 Å². The molecule has 6 heterocycles. The number of piperidine rings is 2. The molecule has 0 spiro atoms. The van der Waals surface area contributed by atoms with E-state index in [1.807, 2.05) is 82.4 Å². The van der Waals surface area contributed by atoms with E-state index in [0.29, 0.717) is 43.0 Å². The van der Waals surface area contributed by atoms with Gasteiger partial charge in [-0.3, -0.25) is 24.5 Å². The predicted molar refractivity (Wildman–Crippen MR) is 262 cm³/mol. The zero-order valence-corrected chi connectivity index (χ0v) is 39.1. The number of likely N-dealkylation sites (tertiary alicyclic amines) is 1. The number of hydrogen-bond donors (Lipinski definition) is 3. The predicted octanol–water partition coefficient (Wildman–Crippen LogP) is 7.03. The molecule has 3 aromatic carbocycles. The van der Waals surface area contributed by atoms with Crippen molar-refractivity contribution in [3.63, 3.8) is 0 Å². The fourth-order valence-corrected chi connectivity index (χ4v) is 10.3. The Morgan fingerprint density at radius 2 is 1.50 bits per heavy atom. The Balaban J connectivity index is 0.634. The lowest BCUT2D eigenvalue weighted by Crippen LogP contribution is -2.52. The molecule has 2 aromatic heterocycles. The summed E-state index contributed by atoms with van der Waals surface area (Å²) in [4.78, 5) is 68.4. The number of ether oxygens (including phenoxy) is 1. The van der Waals surface area contributed by atoms with Gasteiger partial charge in [0.15, 0.2) is 5.65 Å². The van der Waals surface area contributed by atoms with Crippen LogP contribution in [0.3, 0.4) is 0 Å². The molecule has 68 heavy (non-hydrogen) atoms. The number of benzene rings is 3. The summed E-state index contributed by atoms with van der Waals surface area (Å²) in [7, 11) is 0. The van der Waals surface area contributed by atoms with Crippen molar-refractivity contribution in [3.8, 4) is 22.8 Å². The third kappa shape index (κ3) is 11.1. The van der Waals surface area contributed by atoms with Gasteiger partial charge in [0.1, 0.15) is 35.4 Å². The van der Waals surface area contributed by atoms with E-state index in [-0.39, 0.29) is 36.1 Å². The first-order valence-corrected chi connectivity index (χ1v) is 24.8. The van der Waals surface area contributed by atoms with Crippen LogP contribution in [0.4, 0.5) is 11.5 Å². The van der Waals surface area contributed by atoms with Crippen LogP contribution in [0.1, 0.15) is 105 Å². The van der Waals surface area contributed by atoms with Crippen LogP contribution < -0.4 is 21.1 Å². The number of nitrogen functional groups attached to an aromatic ring is 1. The Labute approximate surface area is 398 Å². The summed E-state index contributed by atoms with van der Waals surface area (Å²) in [5, 5.41) is 11.7. The molecule has 358 valence electrons. The van der Waals surface area contributed by atoms with E-state index in [4.69, 9.17) is 15.6 Å². The smallest absolute Gasteiger partial charge is 0.255 e. The second-order valence-corrected chi connectivity index (χ2v) is 18.7. The Morgan fingerprint density at radius 1 is 0.779 bits per heavy atom. The summed E-state index contributed by atoms with van der Waals surface area (Å²) in [5.74, 6) is 1.29. The van der Waals surface area contributed by atoms with E-state index in [1.54, 1.807) is 4.90 Å². The molecule has 4 aliphatic rings. The number of amides is 4. The molecule has 4 N–H and O–H groups in total. The van der Waals surface area contributed by atoms with Gasteiger partial charge >= 0.3 is 0 Å². The molecule has 0 bridgehead atoms. The van der Waals surface area contributed by atoms with Gasteiger partial charge in [-0.2, -0.15) is 5.10 Å². The van der Waals surface area contributed by atoms with Gasteiger partial charge < -0.3 is 35.4 Å². The third-order valence-electron chi connectivity index (χ3n) is 14.1. The second kappa shape index (κ2) is 22.1. The van der Waals surface area contributed by atoms with Crippen LogP contribution in [0.2, 0.25) is 0 Å². The van der Waals surface area contributed by atoms with Crippen LogP contribution >= 0.6 is 0 Å². The quantitative estimate of drug-likeness (QED) is 0.0536. The van der Waals surface area contributed by atoms with Gasteiger partial charge in [0, 0.05) is 87.6 Å². The maximum Gasteiger partial charge on any atom is 0.255 e. The number of fused-ring (bicyclic) bond motifs is 2. The van der Waals surface area contributed by atoms with Crippen molar-refractivity contribution in [2.45, 2.75) is 102 Å². The molecule has 9 rings (SSSR count). The van der Waals surface area contributed by atoms with Crippen LogP contribution in [-0.2, 0) is 20.9 Å². The highest BCUT2D eigenvalue weighted by atomic mass is 16.5. The molecule has 16 heteroatoms. The fourth-order valence-electron chi connectivity index (χ4n) is 10.3. The van der Waals surface area contributed by atoms with Gasteiger partial charge in [-0.1, -0.05) is 56.4 Å². The van der Waals surface area contributed by atoms with E-state index in [0.717, 1.165) is 124 Å². The summed E-state index contributed by atoms with van der Waals surface area (Å²) in [6.45, 7) is 8.95. The molecular formula is C52H65N11O5. The molecule has 2 atom stereocenters. The van der Waals surface area contributed by atoms with Gasteiger partial charge in [-0.15, -0.1) is 0 Å². The van der Waals surface area contributed by atoms with E-state index < -0.39 is 6.04 Å². The lowest BCUT2D eigenvalue weighted by molar-refractivity contribution is -0.137. The first kappa shape index (κ1) is 46.7. The number of para-hydroxylation sites is 1. The number of unbranched alkanes of at least 4 members (excludes halogenated alkanes) is 6. The number of nitrogens with zero attached hydrogens (tertiary/aromatic N) is 8. The summed E-state index contributed by atoms with van der Waals surface area (Å²) >= 11 is 0. The Morgan fingerprint density at radius 3 is 2.26 bits per heavy atom. The largest absolute Gasteiger partial charge is 0.457 e. The Hall–Kier alpha value is -6.39. The van der Waals surface area contributed by atoms with Crippen LogP contribution in [0, 0.1) is 0 Å². The minimum absolute atomic E-state index is 0.0117. The van der Waals surface area contributed by atoms with Crippen LogP contribution in [0.5, 0.6) is 11.5 Å². The number of rotatable bonds is 20. The average Bonchev–Trinajstić information content (AvgIpc) is 3.92. The number of aromatic nitrogens is 4. The lowest BCUT2D eigenvalue weighted by Gasteiger charge is -2.35. The number of nitrogens with one attached hydrogen (secondary N) is 2. The number of piperazine rings is 1. The monoisotopic (exact) mass is 924 g/mol. The Bertz CT molecular complexity index is 2540. The van der Waals surface area contributed by atoms with Crippen molar-refractivity contribution < 1.29 is 23.9 Å². The number of carbonyl (C=O) groups is 4. The number of imide groups is 1. The summed E-state index contributed by atoms with van der Waals surface area (Å²) in [5.41, 5.74) is 11.3. The summed E-state index contributed by atoms with van der Waals surface area (Å²) in [6.07, 6.45) is 13.7. The molecular weight excluding hydrogens is 859 g/mol. The van der Waals surface area contributed by atoms with Crippen molar-refractivity contribution in [2.75, 3.05) is 70.0 Å². The summed E-state index contributed by atoms with van der Waals surface area (Å²) in [6, 6.07) is 22.6. The second-order valence-electron chi connectivity index (χ2n) is 18.7. The molecule has 1 unspecified atom stereocenters. The van der Waals surface area contributed by atoms with E-state index in [1.165, 1.54) is 38.4 Å². The molecule has 4 amide bonds. The van der Waals surface area contributed by atoms with Crippen LogP contribution in [0.25, 0.3) is 22.3 Å². The van der Waals surface area contributed by atoms with Crippen LogP contribution in [0.15, 0.2) is 79.1 Å². The van der Waals surface area contributed by atoms with E-state index in [9.17, 15) is 19.2 Å². The van der Waals surface area contributed by atoms with Crippen molar-refractivity contribution >= 4 is 46.2 Å². The molecule has 3 fully saturated rings. The Kier molecular flexibility index (Phi) is 15.2. The minimum atomic E-state index is -0.600. The number of carbonyl (C=O) groups excluding carboxylic acids is 4. The molecule has 4 aliphatic heterocycles.